The standard InChI is InChI=1S/C20H26N2O5S/c1-4-15-5-7-16(8-6-15)22-20(24)13-28(25,26)12-17-9-18(23)19(10-21-17)27-11-14(2)3/h5-10,14H,4,11-13H2,1-3H3,(H,21,23)(H,22,24). The minimum absolute atomic E-state index is 0.142. The second kappa shape index (κ2) is 9.54. The van der Waals surface area contributed by atoms with Crippen LogP contribution in [0.15, 0.2) is 41.3 Å². The summed E-state index contributed by atoms with van der Waals surface area (Å²) in [5, 5.41) is 2.57. The SMILES string of the molecule is CCc1ccc(NC(=O)CS(=O)(=O)Cc2cc(=O)c(OCC(C)C)c[nH]2)cc1. The molecule has 0 spiro atoms. The fraction of sp³-hybridized carbons (Fsp3) is 0.400. The largest absolute Gasteiger partial charge is 0.488 e. The van der Waals surface area contributed by atoms with Crippen molar-refractivity contribution < 1.29 is 17.9 Å². The van der Waals surface area contributed by atoms with Crippen LogP contribution in [0.5, 0.6) is 5.75 Å². The Kier molecular flexibility index (Phi) is 7.39. The molecule has 0 fully saturated rings. The van der Waals surface area contributed by atoms with Crippen LogP contribution < -0.4 is 15.5 Å². The van der Waals surface area contributed by atoms with Gasteiger partial charge >= 0.3 is 0 Å². The molecule has 0 radical (unpaired) electrons. The Balaban J connectivity index is 1.97. The lowest BCUT2D eigenvalue weighted by molar-refractivity contribution is -0.113. The molecule has 8 heteroatoms. The number of aryl methyl sites for hydroxylation is 1. The molecule has 0 aliphatic rings. The van der Waals surface area contributed by atoms with E-state index in [4.69, 9.17) is 4.74 Å². The number of aromatic nitrogens is 1. The van der Waals surface area contributed by atoms with Crippen LogP contribution in [0.2, 0.25) is 0 Å². The predicted molar refractivity (Wildman–Crippen MR) is 109 cm³/mol. The molecule has 0 saturated heterocycles. The van der Waals surface area contributed by atoms with E-state index in [9.17, 15) is 18.0 Å². The Morgan fingerprint density at radius 3 is 2.46 bits per heavy atom. The number of benzene rings is 1. The Bertz CT molecular complexity index is 963. The van der Waals surface area contributed by atoms with Crippen molar-refractivity contribution in [3.05, 3.63) is 58.0 Å². The fourth-order valence-corrected chi connectivity index (χ4v) is 3.68. The van der Waals surface area contributed by atoms with Crippen molar-refractivity contribution in [3.8, 4) is 5.75 Å². The highest BCUT2D eigenvalue weighted by atomic mass is 32.2. The van der Waals surface area contributed by atoms with E-state index in [-0.39, 0.29) is 17.4 Å². The van der Waals surface area contributed by atoms with Gasteiger partial charge in [-0.3, -0.25) is 9.59 Å². The van der Waals surface area contributed by atoms with Crippen LogP contribution >= 0.6 is 0 Å². The monoisotopic (exact) mass is 406 g/mol. The number of pyridine rings is 1. The van der Waals surface area contributed by atoms with Crippen LogP contribution in [0.1, 0.15) is 32.0 Å². The highest BCUT2D eigenvalue weighted by Crippen LogP contribution is 2.11. The molecule has 0 unspecified atom stereocenters. The number of sulfone groups is 1. The van der Waals surface area contributed by atoms with Crippen LogP contribution in [0.25, 0.3) is 0 Å². The lowest BCUT2D eigenvalue weighted by Gasteiger charge is -2.09. The number of carbonyl (C=O) groups is 1. The normalized spacial score (nSPS) is 11.4. The third-order valence-electron chi connectivity index (χ3n) is 3.88. The Morgan fingerprint density at radius 2 is 1.89 bits per heavy atom. The number of ether oxygens (including phenoxy) is 1. The second-order valence-corrected chi connectivity index (χ2v) is 9.09. The van der Waals surface area contributed by atoms with E-state index in [0.717, 1.165) is 12.0 Å². The molecule has 152 valence electrons. The predicted octanol–water partition coefficient (Wildman–Crippen LogP) is 2.53. The number of rotatable bonds is 9. The number of H-pyrrole nitrogens is 1. The first-order chi connectivity index (χ1) is 13.2. The summed E-state index contributed by atoms with van der Waals surface area (Å²) in [6.07, 6.45) is 2.23. The zero-order chi connectivity index (χ0) is 20.7. The van der Waals surface area contributed by atoms with Gasteiger partial charge in [-0.15, -0.1) is 0 Å². The highest BCUT2D eigenvalue weighted by molar-refractivity contribution is 7.91. The zero-order valence-corrected chi connectivity index (χ0v) is 17.1. The number of hydrogen-bond acceptors (Lipinski definition) is 5. The van der Waals surface area contributed by atoms with Crippen molar-refractivity contribution in [2.45, 2.75) is 32.9 Å². The lowest BCUT2D eigenvalue weighted by atomic mass is 10.1. The molecule has 0 aliphatic heterocycles. The molecule has 0 atom stereocenters. The first-order valence-electron chi connectivity index (χ1n) is 9.12. The van der Waals surface area contributed by atoms with Gasteiger partial charge in [0.25, 0.3) is 0 Å². The average Bonchev–Trinajstić information content (AvgIpc) is 2.60. The van der Waals surface area contributed by atoms with Crippen molar-refractivity contribution in [3.63, 3.8) is 0 Å². The van der Waals surface area contributed by atoms with Gasteiger partial charge in [-0.1, -0.05) is 32.9 Å². The number of anilines is 1. The number of amides is 1. The third-order valence-corrected chi connectivity index (χ3v) is 5.33. The van der Waals surface area contributed by atoms with Gasteiger partial charge in [0, 0.05) is 23.6 Å². The van der Waals surface area contributed by atoms with Crippen LogP contribution in [-0.4, -0.2) is 31.7 Å². The summed E-state index contributed by atoms with van der Waals surface area (Å²) in [6.45, 7) is 6.32. The van der Waals surface area contributed by atoms with Crippen molar-refractivity contribution in [1.29, 1.82) is 0 Å². The van der Waals surface area contributed by atoms with Crippen LogP contribution in [-0.2, 0) is 26.8 Å². The smallest absolute Gasteiger partial charge is 0.239 e. The quantitative estimate of drug-likeness (QED) is 0.666. The summed E-state index contributed by atoms with van der Waals surface area (Å²) in [5.74, 6) is -1.33. The maximum absolute atomic E-state index is 12.3. The number of hydrogen-bond donors (Lipinski definition) is 2. The summed E-state index contributed by atoms with van der Waals surface area (Å²) in [4.78, 5) is 26.9. The summed E-state index contributed by atoms with van der Waals surface area (Å²) in [5.41, 5.74) is 1.47. The Morgan fingerprint density at radius 1 is 1.21 bits per heavy atom. The van der Waals surface area contributed by atoms with E-state index < -0.39 is 32.7 Å². The maximum Gasteiger partial charge on any atom is 0.239 e. The minimum Gasteiger partial charge on any atom is -0.488 e. The van der Waals surface area contributed by atoms with Crippen molar-refractivity contribution >= 4 is 21.4 Å². The molecule has 2 aromatic rings. The van der Waals surface area contributed by atoms with Crippen molar-refractivity contribution in [2.75, 3.05) is 17.7 Å². The summed E-state index contributed by atoms with van der Waals surface area (Å²) in [7, 11) is -3.75. The molecule has 1 aromatic heterocycles. The Hall–Kier alpha value is -2.61. The van der Waals surface area contributed by atoms with Crippen molar-refractivity contribution in [2.24, 2.45) is 5.92 Å². The van der Waals surface area contributed by atoms with Gasteiger partial charge < -0.3 is 15.0 Å². The summed E-state index contributed by atoms with van der Waals surface area (Å²) < 4.78 is 30.0. The van der Waals surface area contributed by atoms with Gasteiger partial charge in [0.15, 0.2) is 15.6 Å². The molecule has 28 heavy (non-hydrogen) atoms. The molecule has 0 saturated carbocycles. The highest BCUT2D eigenvalue weighted by Gasteiger charge is 2.19. The molecule has 2 rings (SSSR count). The first-order valence-corrected chi connectivity index (χ1v) is 10.9. The second-order valence-electron chi connectivity index (χ2n) is 7.02. The van der Waals surface area contributed by atoms with E-state index in [1.807, 2.05) is 32.9 Å². The molecule has 1 heterocycles. The van der Waals surface area contributed by atoms with E-state index >= 15 is 0 Å². The zero-order valence-electron chi connectivity index (χ0n) is 16.3. The van der Waals surface area contributed by atoms with Gasteiger partial charge in [0.1, 0.15) is 5.75 Å². The number of nitrogens with one attached hydrogen (secondary N) is 2. The lowest BCUT2D eigenvalue weighted by Crippen LogP contribution is -2.24. The van der Waals surface area contributed by atoms with Crippen LogP contribution in [0.4, 0.5) is 5.69 Å². The Labute approximate surface area is 165 Å². The van der Waals surface area contributed by atoms with E-state index in [1.54, 1.807) is 12.1 Å². The molecule has 1 aromatic carbocycles. The molecule has 2 N–H and O–H groups in total. The summed E-state index contributed by atoms with van der Waals surface area (Å²) >= 11 is 0. The first kappa shape index (κ1) is 21.7. The molecule has 0 aliphatic carbocycles. The number of aromatic amines is 1. The minimum atomic E-state index is -3.75. The fourth-order valence-electron chi connectivity index (χ4n) is 2.46. The third kappa shape index (κ3) is 6.84. The van der Waals surface area contributed by atoms with Gasteiger partial charge in [-0.25, -0.2) is 8.42 Å². The van der Waals surface area contributed by atoms with Gasteiger partial charge in [0.2, 0.25) is 11.3 Å². The van der Waals surface area contributed by atoms with Crippen LogP contribution in [0, 0.1) is 5.92 Å². The van der Waals surface area contributed by atoms with Crippen LogP contribution in [0.3, 0.4) is 0 Å². The number of carbonyl (C=O) groups excluding carboxylic acids is 1. The average molecular weight is 407 g/mol. The van der Waals surface area contributed by atoms with Gasteiger partial charge in [-0.05, 0) is 30.0 Å². The molecule has 1 amide bonds. The molecular formula is C20H26N2O5S. The molecule has 0 bridgehead atoms. The summed E-state index contributed by atoms with van der Waals surface area (Å²) in [6, 6.07) is 8.40. The van der Waals surface area contributed by atoms with E-state index in [1.165, 1.54) is 12.3 Å². The topological polar surface area (TPSA) is 105 Å². The molecule has 7 nitrogen and oxygen atoms in total. The van der Waals surface area contributed by atoms with Crippen molar-refractivity contribution in [1.82, 2.24) is 4.98 Å². The van der Waals surface area contributed by atoms with Gasteiger partial charge in [0.05, 0.1) is 12.4 Å². The molecular weight excluding hydrogens is 380 g/mol. The van der Waals surface area contributed by atoms with E-state index in [2.05, 4.69) is 10.3 Å². The van der Waals surface area contributed by atoms with E-state index in [0.29, 0.717) is 12.3 Å². The maximum atomic E-state index is 12.3. The van der Waals surface area contributed by atoms with Gasteiger partial charge in [-0.2, -0.15) is 0 Å².